The van der Waals surface area contributed by atoms with E-state index in [2.05, 4.69) is 76.3 Å². The highest BCUT2D eigenvalue weighted by atomic mass is 14.4. The lowest BCUT2D eigenvalue weighted by Crippen LogP contribution is -2.14. The van der Waals surface area contributed by atoms with Gasteiger partial charge >= 0.3 is 0 Å². The van der Waals surface area contributed by atoms with E-state index in [0.29, 0.717) is 11.8 Å². The fourth-order valence-electron chi connectivity index (χ4n) is 3.30. The molecule has 0 bridgehead atoms. The SMILES string of the molecule is C/C=C/CC1C(/C=C/C)CC(/C=C/C)C1/C=C/C. The zero-order valence-electron chi connectivity index (χ0n) is 12.3. The fourth-order valence-corrected chi connectivity index (χ4v) is 3.30. The number of hydrogen-bond acceptors (Lipinski definition) is 0. The lowest BCUT2D eigenvalue weighted by atomic mass is 9.84. The molecular formula is C18H28. The predicted molar refractivity (Wildman–Crippen MR) is 82.5 cm³/mol. The third kappa shape index (κ3) is 3.73. The maximum atomic E-state index is 2.42. The van der Waals surface area contributed by atoms with Crippen molar-refractivity contribution in [3.05, 3.63) is 48.6 Å². The van der Waals surface area contributed by atoms with Crippen LogP contribution >= 0.6 is 0 Å². The molecule has 18 heavy (non-hydrogen) atoms. The topological polar surface area (TPSA) is 0 Å². The van der Waals surface area contributed by atoms with Crippen molar-refractivity contribution in [1.29, 1.82) is 0 Å². The maximum absolute atomic E-state index is 2.42. The molecule has 0 radical (unpaired) electrons. The van der Waals surface area contributed by atoms with Crippen LogP contribution in [-0.2, 0) is 0 Å². The molecular weight excluding hydrogens is 216 g/mol. The molecule has 0 N–H and O–H groups in total. The summed E-state index contributed by atoms with van der Waals surface area (Å²) in [6.07, 6.45) is 20.9. The Morgan fingerprint density at radius 3 is 1.94 bits per heavy atom. The van der Waals surface area contributed by atoms with E-state index >= 15 is 0 Å². The van der Waals surface area contributed by atoms with Crippen molar-refractivity contribution in [3.63, 3.8) is 0 Å². The minimum atomic E-state index is 0.698. The summed E-state index contributed by atoms with van der Waals surface area (Å²) >= 11 is 0. The zero-order valence-corrected chi connectivity index (χ0v) is 12.3. The molecule has 4 unspecified atom stereocenters. The molecule has 0 heteroatoms. The molecule has 4 atom stereocenters. The molecule has 0 aromatic rings. The molecule has 1 aliphatic carbocycles. The molecule has 1 saturated carbocycles. The van der Waals surface area contributed by atoms with Crippen LogP contribution < -0.4 is 0 Å². The Kier molecular flexibility index (Phi) is 6.78. The van der Waals surface area contributed by atoms with E-state index in [9.17, 15) is 0 Å². The lowest BCUT2D eigenvalue weighted by Gasteiger charge is -2.21. The van der Waals surface area contributed by atoms with Gasteiger partial charge in [-0.25, -0.2) is 0 Å². The quantitative estimate of drug-likeness (QED) is 0.556. The first kappa shape index (κ1) is 15.0. The standard InChI is InChI=1S/C18H28/c1-5-9-13-18-16(11-7-3)14-15(10-6-2)17(18)12-8-4/h5-12,15-18H,13-14H2,1-4H3/b9-5+,10-6+,11-7+,12-8+. The van der Waals surface area contributed by atoms with Crippen LogP contribution in [0.5, 0.6) is 0 Å². The summed E-state index contributed by atoms with van der Waals surface area (Å²) in [6, 6.07) is 0. The first-order valence-electron chi connectivity index (χ1n) is 7.28. The van der Waals surface area contributed by atoms with Crippen molar-refractivity contribution in [3.8, 4) is 0 Å². The lowest BCUT2D eigenvalue weighted by molar-refractivity contribution is 0.387. The van der Waals surface area contributed by atoms with E-state index in [1.807, 2.05) is 0 Å². The van der Waals surface area contributed by atoms with Crippen molar-refractivity contribution in [2.24, 2.45) is 23.7 Å². The third-order valence-corrected chi connectivity index (χ3v) is 4.02. The van der Waals surface area contributed by atoms with Gasteiger partial charge in [0.25, 0.3) is 0 Å². The molecule has 0 heterocycles. The van der Waals surface area contributed by atoms with Gasteiger partial charge in [-0.3, -0.25) is 0 Å². The van der Waals surface area contributed by atoms with Crippen LogP contribution in [0.25, 0.3) is 0 Å². The van der Waals surface area contributed by atoms with Gasteiger partial charge in [0.15, 0.2) is 0 Å². The van der Waals surface area contributed by atoms with E-state index in [0.717, 1.165) is 11.8 Å². The Balaban J connectivity index is 2.94. The molecule has 1 aliphatic rings. The van der Waals surface area contributed by atoms with E-state index in [1.54, 1.807) is 0 Å². The Bertz CT molecular complexity index is 330. The summed E-state index contributed by atoms with van der Waals surface area (Å²) in [7, 11) is 0. The van der Waals surface area contributed by atoms with Gasteiger partial charge in [-0.1, -0.05) is 48.6 Å². The van der Waals surface area contributed by atoms with Crippen LogP contribution in [0, 0.1) is 23.7 Å². The Hall–Kier alpha value is -1.04. The van der Waals surface area contributed by atoms with Crippen LogP contribution in [0.1, 0.15) is 40.5 Å². The van der Waals surface area contributed by atoms with Gasteiger partial charge < -0.3 is 0 Å². The highest BCUT2D eigenvalue weighted by Gasteiger charge is 2.38. The summed E-state index contributed by atoms with van der Waals surface area (Å²) < 4.78 is 0. The van der Waals surface area contributed by atoms with Gasteiger partial charge in [0, 0.05) is 0 Å². The molecule has 0 saturated heterocycles. The molecule has 0 aromatic carbocycles. The monoisotopic (exact) mass is 244 g/mol. The molecule has 0 spiro atoms. The number of rotatable bonds is 5. The Morgan fingerprint density at radius 1 is 0.778 bits per heavy atom. The Labute approximate surface area is 113 Å². The average Bonchev–Trinajstić information content (AvgIpc) is 2.67. The predicted octanol–water partition coefficient (Wildman–Crippen LogP) is 5.55. The molecule has 1 fully saturated rings. The summed E-state index contributed by atoms with van der Waals surface area (Å²) in [6.45, 7) is 8.53. The molecule has 0 aromatic heterocycles. The van der Waals surface area contributed by atoms with Gasteiger partial charge in [-0.15, -0.1) is 0 Å². The molecule has 100 valence electrons. The first-order chi connectivity index (χ1) is 8.78. The highest BCUT2D eigenvalue weighted by molar-refractivity contribution is 5.11. The smallest absolute Gasteiger partial charge is 0.0133 e. The average molecular weight is 244 g/mol. The minimum Gasteiger partial charge on any atom is -0.0917 e. The second-order valence-corrected chi connectivity index (χ2v) is 5.19. The fraction of sp³-hybridized carbons (Fsp3) is 0.556. The van der Waals surface area contributed by atoms with Gasteiger partial charge in [0.1, 0.15) is 0 Å². The summed E-state index contributed by atoms with van der Waals surface area (Å²) in [5.41, 5.74) is 0. The van der Waals surface area contributed by atoms with Crippen LogP contribution in [0.2, 0.25) is 0 Å². The number of allylic oxidation sites excluding steroid dienone is 8. The summed E-state index contributed by atoms with van der Waals surface area (Å²) in [5.74, 6) is 2.90. The zero-order chi connectivity index (χ0) is 13.4. The molecule has 0 aliphatic heterocycles. The van der Waals surface area contributed by atoms with Gasteiger partial charge in [-0.2, -0.15) is 0 Å². The summed E-state index contributed by atoms with van der Waals surface area (Å²) in [5, 5.41) is 0. The van der Waals surface area contributed by atoms with E-state index in [4.69, 9.17) is 0 Å². The first-order valence-corrected chi connectivity index (χ1v) is 7.28. The second-order valence-electron chi connectivity index (χ2n) is 5.19. The van der Waals surface area contributed by atoms with Gasteiger partial charge in [0.2, 0.25) is 0 Å². The maximum Gasteiger partial charge on any atom is -0.0133 e. The number of hydrogen-bond donors (Lipinski definition) is 0. The molecule has 0 amide bonds. The minimum absolute atomic E-state index is 0.698. The largest absolute Gasteiger partial charge is 0.0917 e. The van der Waals surface area contributed by atoms with Crippen molar-refractivity contribution < 1.29 is 0 Å². The second kappa shape index (κ2) is 8.13. The van der Waals surface area contributed by atoms with Crippen LogP contribution in [0.15, 0.2) is 48.6 Å². The van der Waals surface area contributed by atoms with Gasteiger partial charge in [-0.05, 0) is 64.2 Å². The van der Waals surface area contributed by atoms with Crippen LogP contribution in [-0.4, -0.2) is 0 Å². The van der Waals surface area contributed by atoms with Crippen LogP contribution in [0.3, 0.4) is 0 Å². The van der Waals surface area contributed by atoms with E-state index in [1.165, 1.54) is 12.8 Å². The normalized spacial score (nSPS) is 33.8. The van der Waals surface area contributed by atoms with E-state index < -0.39 is 0 Å². The van der Waals surface area contributed by atoms with Gasteiger partial charge in [0.05, 0.1) is 0 Å². The van der Waals surface area contributed by atoms with Crippen molar-refractivity contribution in [2.75, 3.05) is 0 Å². The van der Waals surface area contributed by atoms with Crippen molar-refractivity contribution in [1.82, 2.24) is 0 Å². The Morgan fingerprint density at radius 2 is 1.39 bits per heavy atom. The van der Waals surface area contributed by atoms with Crippen molar-refractivity contribution >= 4 is 0 Å². The molecule has 1 rings (SSSR count). The van der Waals surface area contributed by atoms with Crippen molar-refractivity contribution in [2.45, 2.75) is 40.5 Å². The molecule has 0 nitrogen and oxygen atoms in total. The highest BCUT2D eigenvalue weighted by Crippen LogP contribution is 2.45. The summed E-state index contributed by atoms with van der Waals surface area (Å²) in [4.78, 5) is 0. The van der Waals surface area contributed by atoms with Crippen LogP contribution in [0.4, 0.5) is 0 Å². The van der Waals surface area contributed by atoms with E-state index in [-0.39, 0.29) is 0 Å². The third-order valence-electron chi connectivity index (χ3n) is 4.02.